The molecule has 6 rings (SSSR count). The lowest BCUT2D eigenvalue weighted by molar-refractivity contribution is 0.865. The topological polar surface area (TPSA) is 101 Å². The van der Waals surface area contributed by atoms with Crippen LogP contribution >= 0.6 is 0 Å². The number of H-pyrrole nitrogens is 2. The molecule has 8 nitrogen and oxygen atoms in total. The smallest absolute Gasteiger partial charge is 0.181 e. The molecular formula is C23H18N8. The highest BCUT2D eigenvalue weighted by Gasteiger charge is 2.16. The number of aromatic nitrogens is 8. The standard InChI is InChI=1S/C23H18N8/c1-13-26-12-21(31(13)2)15-7-17-22(29-30-23(17)27-9-15)19-8-16-18(10-25-11-20(16)28-19)14-3-5-24-6-4-14/h3-12,28H,1-2H3,(H,27,29,30). The summed E-state index contributed by atoms with van der Waals surface area (Å²) in [7, 11) is 2.00. The first kappa shape index (κ1) is 17.5. The summed E-state index contributed by atoms with van der Waals surface area (Å²) < 4.78 is 2.05. The molecule has 6 aromatic heterocycles. The van der Waals surface area contributed by atoms with Crippen molar-refractivity contribution in [2.24, 2.45) is 7.05 Å². The summed E-state index contributed by atoms with van der Waals surface area (Å²) in [4.78, 5) is 21.0. The SMILES string of the molecule is Cc1ncc(-c2cnc3n[nH]c(-c4cc5c(-c6ccncc6)cncc5[nH]4)c3c2)n1C. The van der Waals surface area contributed by atoms with Crippen molar-refractivity contribution in [3.63, 3.8) is 0 Å². The van der Waals surface area contributed by atoms with Crippen molar-refractivity contribution in [1.29, 1.82) is 0 Å². The summed E-state index contributed by atoms with van der Waals surface area (Å²) >= 11 is 0. The van der Waals surface area contributed by atoms with Gasteiger partial charge in [0.05, 0.1) is 35.0 Å². The fourth-order valence-corrected chi connectivity index (χ4v) is 3.96. The summed E-state index contributed by atoms with van der Waals surface area (Å²) in [5.74, 6) is 0.953. The maximum absolute atomic E-state index is 4.56. The van der Waals surface area contributed by atoms with E-state index in [1.807, 2.05) is 50.9 Å². The molecule has 6 aromatic rings. The van der Waals surface area contributed by atoms with Gasteiger partial charge in [-0.2, -0.15) is 5.10 Å². The van der Waals surface area contributed by atoms with Crippen molar-refractivity contribution in [1.82, 2.24) is 39.7 Å². The molecule has 0 bridgehead atoms. The van der Waals surface area contributed by atoms with Crippen LogP contribution in [0.15, 0.2) is 61.4 Å². The molecule has 31 heavy (non-hydrogen) atoms. The predicted molar refractivity (Wildman–Crippen MR) is 119 cm³/mol. The molecule has 0 aliphatic rings. The third-order valence-corrected chi connectivity index (χ3v) is 5.73. The fourth-order valence-electron chi connectivity index (χ4n) is 3.96. The molecule has 0 radical (unpaired) electrons. The van der Waals surface area contributed by atoms with Gasteiger partial charge in [-0.25, -0.2) is 9.97 Å². The van der Waals surface area contributed by atoms with Crippen LogP contribution in [0.1, 0.15) is 5.82 Å². The van der Waals surface area contributed by atoms with Gasteiger partial charge in [-0.3, -0.25) is 15.1 Å². The van der Waals surface area contributed by atoms with Crippen LogP contribution in [0.5, 0.6) is 0 Å². The van der Waals surface area contributed by atoms with Crippen LogP contribution in [0.2, 0.25) is 0 Å². The minimum absolute atomic E-state index is 0.670. The van der Waals surface area contributed by atoms with E-state index in [-0.39, 0.29) is 0 Å². The normalized spacial score (nSPS) is 11.5. The minimum atomic E-state index is 0.670. The summed E-state index contributed by atoms with van der Waals surface area (Å²) in [5.41, 5.74) is 7.58. The Balaban J connectivity index is 1.52. The van der Waals surface area contributed by atoms with E-state index in [2.05, 4.69) is 51.8 Å². The van der Waals surface area contributed by atoms with Gasteiger partial charge >= 0.3 is 0 Å². The minimum Gasteiger partial charge on any atom is -0.352 e. The van der Waals surface area contributed by atoms with E-state index in [1.165, 1.54) is 0 Å². The Morgan fingerprint density at radius 3 is 2.55 bits per heavy atom. The Hall–Kier alpha value is -4.33. The lowest BCUT2D eigenvalue weighted by Crippen LogP contribution is -1.94. The van der Waals surface area contributed by atoms with Crippen molar-refractivity contribution in [2.45, 2.75) is 6.92 Å². The molecule has 0 unspecified atom stereocenters. The summed E-state index contributed by atoms with van der Waals surface area (Å²) in [6, 6.07) is 8.20. The Labute approximate surface area is 177 Å². The van der Waals surface area contributed by atoms with Gasteiger partial charge in [0.1, 0.15) is 5.82 Å². The van der Waals surface area contributed by atoms with Crippen LogP contribution in [0.25, 0.3) is 55.7 Å². The highest BCUT2D eigenvalue weighted by Crippen LogP contribution is 2.34. The second-order valence-electron chi connectivity index (χ2n) is 7.51. The van der Waals surface area contributed by atoms with E-state index in [0.717, 1.165) is 55.9 Å². The molecule has 0 fully saturated rings. The second kappa shape index (κ2) is 6.60. The number of fused-ring (bicyclic) bond motifs is 2. The number of aryl methyl sites for hydroxylation is 1. The predicted octanol–water partition coefficient (Wildman–Crippen LogP) is 4.27. The highest BCUT2D eigenvalue weighted by molar-refractivity contribution is 6.00. The molecule has 150 valence electrons. The van der Waals surface area contributed by atoms with Crippen LogP contribution in [-0.2, 0) is 7.05 Å². The van der Waals surface area contributed by atoms with E-state index < -0.39 is 0 Å². The van der Waals surface area contributed by atoms with E-state index in [4.69, 9.17) is 0 Å². The molecule has 0 aliphatic heterocycles. The van der Waals surface area contributed by atoms with Crippen LogP contribution < -0.4 is 0 Å². The average molecular weight is 406 g/mol. The molecule has 0 spiro atoms. The highest BCUT2D eigenvalue weighted by atomic mass is 15.2. The molecule has 0 aromatic carbocycles. The zero-order valence-electron chi connectivity index (χ0n) is 17.0. The number of nitrogens with zero attached hydrogens (tertiary/aromatic N) is 6. The molecule has 0 atom stereocenters. The lowest BCUT2D eigenvalue weighted by Gasteiger charge is -2.04. The van der Waals surface area contributed by atoms with Gasteiger partial charge in [0.2, 0.25) is 0 Å². The molecule has 0 amide bonds. The number of pyridine rings is 3. The van der Waals surface area contributed by atoms with E-state index >= 15 is 0 Å². The average Bonchev–Trinajstić information content (AvgIpc) is 3.50. The fraction of sp³-hybridized carbons (Fsp3) is 0.0870. The van der Waals surface area contributed by atoms with Gasteiger partial charge < -0.3 is 9.55 Å². The van der Waals surface area contributed by atoms with Crippen LogP contribution in [-0.4, -0.2) is 39.7 Å². The maximum Gasteiger partial charge on any atom is 0.181 e. The quantitative estimate of drug-likeness (QED) is 0.457. The lowest BCUT2D eigenvalue weighted by atomic mass is 10.1. The first-order valence-electron chi connectivity index (χ1n) is 9.89. The largest absolute Gasteiger partial charge is 0.352 e. The Kier molecular flexibility index (Phi) is 3.73. The van der Waals surface area contributed by atoms with Crippen LogP contribution in [0, 0.1) is 6.92 Å². The van der Waals surface area contributed by atoms with Crippen molar-refractivity contribution < 1.29 is 0 Å². The van der Waals surface area contributed by atoms with E-state index in [1.54, 1.807) is 12.4 Å². The first-order valence-corrected chi connectivity index (χ1v) is 9.89. The third-order valence-electron chi connectivity index (χ3n) is 5.73. The molecule has 0 saturated carbocycles. The third kappa shape index (κ3) is 2.72. The molecule has 0 aliphatic carbocycles. The molecule has 8 heteroatoms. The second-order valence-corrected chi connectivity index (χ2v) is 7.51. The number of rotatable bonds is 3. The van der Waals surface area contributed by atoms with Gasteiger partial charge in [-0.05, 0) is 36.8 Å². The van der Waals surface area contributed by atoms with Crippen molar-refractivity contribution in [3.8, 4) is 33.8 Å². The zero-order chi connectivity index (χ0) is 20.9. The van der Waals surface area contributed by atoms with E-state index in [9.17, 15) is 0 Å². The molecular weight excluding hydrogens is 388 g/mol. The Morgan fingerprint density at radius 2 is 1.74 bits per heavy atom. The van der Waals surface area contributed by atoms with Gasteiger partial charge in [-0.1, -0.05) is 0 Å². The number of hydrogen-bond donors (Lipinski definition) is 2. The molecule has 6 heterocycles. The van der Waals surface area contributed by atoms with Gasteiger partial charge in [0, 0.05) is 53.7 Å². The molecule has 0 saturated heterocycles. The monoisotopic (exact) mass is 406 g/mol. The number of aromatic amines is 2. The summed E-state index contributed by atoms with van der Waals surface area (Å²) in [6.07, 6.45) is 11.0. The number of nitrogens with one attached hydrogen (secondary N) is 2. The van der Waals surface area contributed by atoms with Crippen molar-refractivity contribution in [3.05, 3.63) is 67.3 Å². The number of imidazole rings is 1. The number of hydrogen-bond acceptors (Lipinski definition) is 5. The van der Waals surface area contributed by atoms with Crippen molar-refractivity contribution in [2.75, 3.05) is 0 Å². The summed E-state index contributed by atoms with van der Waals surface area (Å²) in [6.45, 7) is 1.98. The van der Waals surface area contributed by atoms with Gasteiger partial charge in [-0.15, -0.1) is 0 Å². The summed E-state index contributed by atoms with van der Waals surface area (Å²) in [5, 5.41) is 9.59. The Bertz CT molecular complexity index is 1560. The van der Waals surface area contributed by atoms with E-state index in [0.29, 0.717) is 5.65 Å². The van der Waals surface area contributed by atoms with Gasteiger partial charge in [0.25, 0.3) is 0 Å². The molecule has 2 N–H and O–H groups in total. The first-order chi connectivity index (χ1) is 15.2. The zero-order valence-corrected chi connectivity index (χ0v) is 17.0. The van der Waals surface area contributed by atoms with Crippen molar-refractivity contribution >= 4 is 21.9 Å². The maximum atomic E-state index is 4.56. The van der Waals surface area contributed by atoms with Crippen LogP contribution in [0.3, 0.4) is 0 Å². The van der Waals surface area contributed by atoms with Gasteiger partial charge in [0.15, 0.2) is 5.65 Å². The Morgan fingerprint density at radius 1 is 0.871 bits per heavy atom. The van der Waals surface area contributed by atoms with Crippen LogP contribution in [0.4, 0.5) is 0 Å².